The molecule has 0 aliphatic carbocycles. The van der Waals surface area contributed by atoms with E-state index in [9.17, 15) is 10.1 Å². The van der Waals surface area contributed by atoms with Crippen LogP contribution in [0.3, 0.4) is 0 Å². The van der Waals surface area contributed by atoms with E-state index in [0.29, 0.717) is 17.8 Å². The highest BCUT2D eigenvalue weighted by Crippen LogP contribution is 2.18. The fourth-order valence-electron chi connectivity index (χ4n) is 2.19. The Kier molecular flexibility index (Phi) is 5.00. The SMILES string of the molecule is Cc1c(/C=C(\C#N)C(=O)N(C)Cc2cccs2)cc(C#N)n1C. The van der Waals surface area contributed by atoms with Crippen molar-refractivity contribution in [3.05, 3.63) is 51.0 Å². The highest BCUT2D eigenvalue weighted by atomic mass is 32.1. The number of nitriles is 2. The maximum Gasteiger partial charge on any atom is 0.264 e. The maximum atomic E-state index is 12.4. The molecule has 1 amide bonds. The number of likely N-dealkylation sites (N-methyl/N-ethyl adjacent to an activating group) is 1. The molecule has 0 unspecified atom stereocenters. The third-order valence-corrected chi connectivity index (χ3v) is 4.52. The van der Waals surface area contributed by atoms with Crippen molar-refractivity contribution in [2.75, 3.05) is 7.05 Å². The van der Waals surface area contributed by atoms with Gasteiger partial charge in [0.15, 0.2) is 0 Å². The van der Waals surface area contributed by atoms with Crippen LogP contribution in [0.5, 0.6) is 0 Å². The molecule has 0 N–H and O–H groups in total. The van der Waals surface area contributed by atoms with Gasteiger partial charge in [0.1, 0.15) is 23.4 Å². The van der Waals surface area contributed by atoms with Gasteiger partial charge in [0.05, 0.1) is 6.54 Å². The minimum absolute atomic E-state index is 0.0576. The second-order valence-corrected chi connectivity index (χ2v) is 6.18. The van der Waals surface area contributed by atoms with E-state index in [1.165, 1.54) is 4.90 Å². The normalized spacial score (nSPS) is 10.9. The summed E-state index contributed by atoms with van der Waals surface area (Å²) in [6.07, 6.45) is 1.55. The minimum atomic E-state index is -0.331. The summed E-state index contributed by atoms with van der Waals surface area (Å²) in [6.45, 7) is 2.31. The van der Waals surface area contributed by atoms with E-state index in [-0.39, 0.29) is 11.5 Å². The van der Waals surface area contributed by atoms with Gasteiger partial charge in [-0.1, -0.05) is 6.07 Å². The number of amides is 1. The van der Waals surface area contributed by atoms with Gasteiger partial charge in [0.2, 0.25) is 0 Å². The average Bonchev–Trinajstić information content (AvgIpc) is 3.14. The lowest BCUT2D eigenvalue weighted by atomic mass is 10.1. The Morgan fingerprint density at radius 3 is 2.74 bits per heavy atom. The van der Waals surface area contributed by atoms with E-state index < -0.39 is 0 Å². The molecule has 0 aliphatic rings. The zero-order valence-corrected chi connectivity index (χ0v) is 14.0. The van der Waals surface area contributed by atoms with Gasteiger partial charge in [0, 0.05) is 24.7 Å². The van der Waals surface area contributed by atoms with Gasteiger partial charge in [-0.05, 0) is 36.1 Å². The van der Waals surface area contributed by atoms with Crippen molar-refractivity contribution in [2.45, 2.75) is 13.5 Å². The summed E-state index contributed by atoms with van der Waals surface area (Å²) in [7, 11) is 3.45. The summed E-state index contributed by atoms with van der Waals surface area (Å²) in [5, 5.41) is 20.3. The van der Waals surface area contributed by atoms with Crippen LogP contribution in [0.2, 0.25) is 0 Å². The smallest absolute Gasteiger partial charge is 0.264 e. The number of carbonyl (C=O) groups excluding carboxylic acids is 1. The highest BCUT2D eigenvalue weighted by molar-refractivity contribution is 7.09. The van der Waals surface area contributed by atoms with Crippen LogP contribution in [0.25, 0.3) is 6.08 Å². The van der Waals surface area contributed by atoms with Crippen molar-refractivity contribution >= 4 is 23.3 Å². The monoisotopic (exact) mass is 324 g/mol. The van der Waals surface area contributed by atoms with E-state index in [1.54, 1.807) is 42.1 Å². The number of aromatic nitrogens is 1. The summed E-state index contributed by atoms with van der Waals surface area (Å²) in [5.74, 6) is -0.331. The Morgan fingerprint density at radius 1 is 1.48 bits per heavy atom. The molecule has 0 aliphatic heterocycles. The van der Waals surface area contributed by atoms with Crippen LogP contribution in [0.1, 0.15) is 21.8 Å². The lowest BCUT2D eigenvalue weighted by molar-refractivity contribution is -0.125. The lowest BCUT2D eigenvalue weighted by Crippen LogP contribution is -2.26. The summed E-state index contributed by atoms with van der Waals surface area (Å²) >= 11 is 1.57. The molecule has 0 spiro atoms. The van der Waals surface area contributed by atoms with Crippen molar-refractivity contribution in [3.8, 4) is 12.1 Å². The number of thiophene rings is 1. The third-order valence-electron chi connectivity index (χ3n) is 3.66. The molecule has 5 nitrogen and oxygen atoms in total. The summed E-state index contributed by atoms with van der Waals surface area (Å²) in [5.41, 5.74) is 2.09. The first kappa shape index (κ1) is 16.5. The van der Waals surface area contributed by atoms with Crippen LogP contribution in [0, 0.1) is 29.6 Å². The molecule has 0 bridgehead atoms. The molecule has 0 saturated carbocycles. The molecule has 23 heavy (non-hydrogen) atoms. The zero-order chi connectivity index (χ0) is 17.0. The fourth-order valence-corrected chi connectivity index (χ4v) is 2.94. The number of rotatable bonds is 4. The van der Waals surface area contributed by atoms with E-state index in [4.69, 9.17) is 5.26 Å². The predicted molar refractivity (Wildman–Crippen MR) is 89.2 cm³/mol. The molecular formula is C17H16N4OS. The minimum Gasteiger partial charge on any atom is -0.339 e. The quantitative estimate of drug-likeness (QED) is 0.641. The first-order valence-electron chi connectivity index (χ1n) is 6.94. The molecule has 0 atom stereocenters. The molecule has 0 radical (unpaired) electrons. The maximum absolute atomic E-state index is 12.4. The molecular weight excluding hydrogens is 308 g/mol. The Hall–Kier alpha value is -2.83. The fraction of sp³-hybridized carbons (Fsp3) is 0.235. The Labute approximate surface area is 139 Å². The molecule has 0 saturated heterocycles. The first-order valence-corrected chi connectivity index (χ1v) is 7.82. The number of hydrogen-bond acceptors (Lipinski definition) is 4. The molecule has 6 heteroatoms. The number of carbonyl (C=O) groups is 1. The Bertz CT molecular complexity index is 831. The molecule has 2 aromatic heterocycles. The number of nitrogens with zero attached hydrogens (tertiary/aromatic N) is 4. The van der Waals surface area contributed by atoms with Crippen molar-refractivity contribution in [1.29, 1.82) is 10.5 Å². The van der Waals surface area contributed by atoms with Crippen LogP contribution >= 0.6 is 11.3 Å². The molecule has 2 aromatic rings. The van der Waals surface area contributed by atoms with Gasteiger partial charge in [-0.15, -0.1) is 11.3 Å². The van der Waals surface area contributed by atoms with Gasteiger partial charge in [-0.3, -0.25) is 4.79 Å². The van der Waals surface area contributed by atoms with Crippen molar-refractivity contribution in [2.24, 2.45) is 7.05 Å². The molecule has 116 valence electrons. The number of hydrogen-bond donors (Lipinski definition) is 0. The third kappa shape index (κ3) is 3.50. The van der Waals surface area contributed by atoms with Gasteiger partial charge < -0.3 is 9.47 Å². The molecule has 2 rings (SSSR count). The van der Waals surface area contributed by atoms with E-state index in [0.717, 1.165) is 10.6 Å². The standard InChI is InChI=1S/C17H16N4OS/c1-12-13(8-15(10-19)21(12)3)7-14(9-18)17(22)20(2)11-16-5-4-6-23-16/h4-8H,11H2,1-3H3/b14-7+. The van der Waals surface area contributed by atoms with E-state index >= 15 is 0 Å². The summed E-state index contributed by atoms with van der Waals surface area (Å²) in [4.78, 5) is 15.0. The highest BCUT2D eigenvalue weighted by Gasteiger charge is 2.17. The summed E-state index contributed by atoms with van der Waals surface area (Å²) < 4.78 is 1.74. The molecule has 2 heterocycles. The Morgan fingerprint density at radius 2 is 2.22 bits per heavy atom. The van der Waals surface area contributed by atoms with Gasteiger partial charge >= 0.3 is 0 Å². The first-order chi connectivity index (χ1) is 11.0. The van der Waals surface area contributed by atoms with Crippen molar-refractivity contribution in [1.82, 2.24) is 9.47 Å². The predicted octanol–water partition coefficient (Wildman–Crippen LogP) is 2.83. The van der Waals surface area contributed by atoms with Crippen molar-refractivity contribution in [3.63, 3.8) is 0 Å². The van der Waals surface area contributed by atoms with Crippen LogP contribution in [0.15, 0.2) is 29.2 Å². The summed E-state index contributed by atoms with van der Waals surface area (Å²) in [6, 6.07) is 9.61. The van der Waals surface area contributed by atoms with Crippen LogP contribution < -0.4 is 0 Å². The van der Waals surface area contributed by atoms with E-state index in [1.807, 2.05) is 30.5 Å². The second-order valence-electron chi connectivity index (χ2n) is 5.15. The molecule has 0 fully saturated rings. The largest absolute Gasteiger partial charge is 0.339 e. The van der Waals surface area contributed by atoms with Crippen LogP contribution in [-0.4, -0.2) is 22.4 Å². The topological polar surface area (TPSA) is 72.8 Å². The van der Waals surface area contributed by atoms with Gasteiger partial charge in [-0.25, -0.2) is 0 Å². The van der Waals surface area contributed by atoms with Gasteiger partial charge in [0.25, 0.3) is 5.91 Å². The van der Waals surface area contributed by atoms with Crippen LogP contribution in [-0.2, 0) is 18.4 Å². The average molecular weight is 324 g/mol. The second kappa shape index (κ2) is 6.95. The zero-order valence-electron chi connectivity index (χ0n) is 13.2. The lowest BCUT2D eigenvalue weighted by Gasteiger charge is -2.15. The van der Waals surface area contributed by atoms with Gasteiger partial charge in [-0.2, -0.15) is 10.5 Å². The van der Waals surface area contributed by atoms with Crippen molar-refractivity contribution < 1.29 is 4.79 Å². The van der Waals surface area contributed by atoms with E-state index in [2.05, 4.69) is 6.07 Å². The Balaban J connectivity index is 2.27. The molecule has 0 aromatic carbocycles. The van der Waals surface area contributed by atoms with Crippen LogP contribution in [0.4, 0.5) is 0 Å².